The van der Waals surface area contributed by atoms with Gasteiger partial charge in [-0.05, 0) is 36.8 Å². The Hall–Kier alpha value is -3.09. The molecule has 3 aromatic rings. The monoisotopic (exact) mass is 317 g/mol. The van der Waals surface area contributed by atoms with Gasteiger partial charge in [-0.15, -0.1) is 11.3 Å². The molecule has 6 heteroatoms. The third kappa shape index (κ3) is 3.23. The van der Waals surface area contributed by atoms with Gasteiger partial charge in [-0.2, -0.15) is 10.5 Å². The number of pyridine rings is 1. The lowest BCUT2D eigenvalue weighted by Gasteiger charge is -1.95. The minimum absolute atomic E-state index is 0.110. The Bertz CT molecular complexity index is 955. The molecule has 0 radical (unpaired) electrons. The smallest absolute Gasteiger partial charge is 0.213 e. The molecule has 0 atom stereocenters. The third-order valence-electron chi connectivity index (χ3n) is 3.24. The van der Waals surface area contributed by atoms with Crippen molar-refractivity contribution in [3.63, 3.8) is 0 Å². The number of hydrogen-bond donors (Lipinski definition) is 0. The van der Waals surface area contributed by atoms with Crippen molar-refractivity contribution in [1.82, 2.24) is 9.97 Å². The molecule has 0 unspecified atom stereocenters. The first-order valence-electron chi connectivity index (χ1n) is 6.87. The number of fused-ring (bicyclic) bond motifs is 1. The predicted molar refractivity (Wildman–Crippen MR) is 90.0 cm³/mol. The minimum atomic E-state index is -0.110. The number of nitriles is 2. The fraction of sp³-hybridized carbons (Fsp3) is 0.118. The van der Waals surface area contributed by atoms with Crippen LogP contribution in [0.5, 0.6) is 0 Å². The lowest BCUT2D eigenvalue weighted by Crippen LogP contribution is -1.90. The molecule has 0 aliphatic rings. The predicted octanol–water partition coefficient (Wildman–Crippen LogP) is 3.65. The molecule has 1 aromatic carbocycles. The highest BCUT2D eigenvalue weighted by Gasteiger charge is 2.07. The van der Waals surface area contributed by atoms with Crippen molar-refractivity contribution < 1.29 is 0 Å². The summed E-state index contributed by atoms with van der Waals surface area (Å²) in [7, 11) is 0. The molecule has 110 valence electrons. The summed E-state index contributed by atoms with van der Waals surface area (Å²) in [6.07, 6.45) is 1.82. The second-order valence-corrected chi connectivity index (χ2v) is 5.93. The van der Waals surface area contributed by atoms with Crippen LogP contribution in [0.25, 0.3) is 20.8 Å². The molecule has 0 saturated heterocycles. The van der Waals surface area contributed by atoms with Crippen LogP contribution < -0.4 is 0 Å². The standard InChI is InChI=1S/C17H11N5S/c1-11-2-4-13(10-20-11)17-22-15-5-3-12(6-16(15)23-17)9-21-14(7-18)8-19/h2-6,10H,9H2,1H3. The van der Waals surface area contributed by atoms with Crippen molar-refractivity contribution in [1.29, 1.82) is 10.5 Å². The van der Waals surface area contributed by atoms with Crippen molar-refractivity contribution in [2.75, 3.05) is 0 Å². The lowest BCUT2D eigenvalue weighted by molar-refractivity contribution is 1.08. The maximum absolute atomic E-state index is 8.71. The van der Waals surface area contributed by atoms with Crippen LogP contribution in [0.1, 0.15) is 11.3 Å². The molecule has 0 N–H and O–H groups in total. The Kier molecular flexibility index (Phi) is 4.09. The van der Waals surface area contributed by atoms with Crippen LogP contribution in [0.4, 0.5) is 0 Å². The van der Waals surface area contributed by atoms with Crippen LogP contribution in [0.2, 0.25) is 0 Å². The molecule has 23 heavy (non-hydrogen) atoms. The number of hydrogen-bond acceptors (Lipinski definition) is 6. The minimum Gasteiger partial charge on any atom is -0.261 e. The Morgan fingerprint density at radius 3 is 2.74 bits per heavy atom. The van der Waals surface area contributed by atoms with E-state index in [0.29, 0.717) is 6.54 Å². The summed E-state index contributed by atoms with van der Waals surface area (Å²) >= 11 is 1.59. The number of benzene rings is 1. The van der Waals surface area contributed by atoms with Gasteiger partial charge in [0.2, 0.25) is 5.71 Å². The number of rotatable bonds is 3. The van der Waals surface area contributed by atoms with E-state index in [9.17, 15) is 0 Å². The molecule has 2 aromatic heterocycles. The number of aliphatic imine (C=N–C) groups is 1. The topological polar surface area (TPSA) is 85.7 Å². The zero-order valence-electron chi connectivity index (χ0n) is 12.3. The van der Waals surface area contributed by atoms with Gasteiger partial charge in [0.15, 0.2) is 0 Å². The highest BCUT2D eigenvalue weighted by atomic mass is 32.1. The Morgan fingerprint density at radius 2 is 2.04 bits per heavy atom. The van der Waals surface area contributed by atoms with Crippen molar-refractivity contribution >= 4 is 27.3 Å². The van der Waals surface area contributed by atoms with Crippen LogP contribution in [0.15, 0.2) is 41.5 Å². The second kappa shape index (κ2) is 6.35. The van der Waals surface area contributed by atoms with E-state index >= 15 is 0 Å². The normalized spacial score (nSPS) is 10.0. The fourth-order valence-corrected chi connectivity index (χ4v) is 3.07. The van der Waals surface area contributed by atoms with Crippen LogP contribution in [-0.4, -0.2) is 15.7 Å². The maximum atomic E-state index is 8.71. The van der Waals surface area contributed by atoms with Crippen molar-refractivity contribution in [3.8, 4) is 22.7 Å². The summed E-state index contributed by atoms with van der Waals surface area (Å²) in [5, 5.41) is 18.3. The maximum Gasteiger partial charge on any atom is 0.213 e. The van der Waals surface area contributed by atoms with E-state index in [-0.39, 0.29) is 5.71 Å². The van der Waals surface area contributed by atoms with Crippen molar-refractivity contribution in [2.24, 2.45) is 4.99 Å². The molecular formula is C17H11N5S. The molecule has 0 amide bonds. The average Bonchev–Trinajstić information content (AvgIpc) is 2.99. The summed E-state index contributed by atoms with van der Waals surface area (Å²) in [4.78, 5) is 12.9. The highest BCUT2D eigenvalue weighted by molar-refractivity contribution is 7.21. The van der Waals surface area contributed by atoms with Gasteiger partial charge in [0.1, 0.15) is 17.1 Å². The van der Waals surface area contributed by atoms with E-state index in [2.05, 4.69) is 15.0 Å². The van der Waals surface area contributed by atoms with Crippen LogP contribution in [0, 0.1) is 29.6 Å². The molecule has 0 fully saturated rings. The Balaban J connectivity index is 1.92. The molecule has 0 bridgehead atoms. The molecule has 0 saturated carbocycles. The van der Waals surface area contributed by atoms with Gasteiger partial charge in [0.25, 0.3) is 0 Å². The van der Waals surface area contributed by atoms with Gasteiger partial charge in [-0.1, -0.05) is 6.07 Å². The van der Waals surface area contributed by atoms with E-state index in [1.165, 1.54) is 0 Å². The quantitative estimate of drug-likeness (QED) is 0.690. The van der Waals surface area contributed by atoms with Gasteiger partial charge in [0, 0.05) is 17.5 Å². The first kappa shape index (κ1) is 14.8. The number of thiazole rings is 1. The lowest BCUT2D eigenvalue weighted by atomic mass is 10.2. The fourth-order valence-electron chi connectivity index (χ4n) is 2.05. The van der Waals surface area contributed by atoms with Crippen LogP contribution in [-0.2, 0) is 6.54 Å². The Labute approximate surface area is 137 Å². The van der Waals surface area contributed by atoms with Gasteiger partial charge in [-0.3, -0.25) is 9.98 Å². The van der Waals surface area contributed by atoms with E-state index in [1.54, 1.807) is 23.5 Å². The van der Waals surface area contributed by atoms with Gasteiger partial charge in [0.05, 0.1) is 16.8 Å². The van der Waals surface area contributed by atoms with Crippen LogP contribution >= 0.6 is 11.3 Å². The number of aromatic nitrogens is 2. The largest absolute Gasteiger partial charge is 0.261 e. The zero-order valence-corrected chi connectivity index (χ0v) is 13.1. The summed E-state index contributed by atoms with van der Waals surface area (Å²) in [6, 6.07) is 13.3. The second-order valence-electron chi connectivity index (χ2n) is 4.90. The summed E-state index contributed by atoms with van der Waals surface area (Å²) in [6.45, 7) is 2.26. The molecule has 2 heterocycles. The van der Waals surface area contributed by atoms with Crippen LogP contribution in [0.3, 0.4) is 0 Å². The molecule has 5 nitrogen and oxygen atoms in total. The van der Waals surface area contributed by atoms with Gasteiger partial charge in [-0.25, -0.2) is 4.98 Å². The average molecular weight is 317 g/mol. The zero-order chi connectivity index (χ0) is 16.2. The summed E-state index contributed by atoms with van der Waals surface area (Å²) < 4.78 is 1.05. The van der Waals surface area contributed by atoms with Gasteiger partial charge >= 0.3 is 0 Å². The molecule has 0 aliphatic heterocycles. The summed E-state index contributed by atoms with van der Waals surface area (Å²) in [5.41, 5.74) is 3.71. The molecule has 3 rings (SSSR count). The summed E-state index contributed by atoms with van der Waals surface area (Å²) in [5.74, 6) is 0. The Morgan fingerprint density at radius 1 is 1.22 bits per heavy atom. The number of aryl methyl sites for hydroxylation is 1. The molecule has 0 aliphatic carbocycles. The van der Waals surface area contributed by atoms with Crippen molar-refractivity contribution in [2.45, 2.75) is 13.5 Å². The first-order chi connectivity index (χ1) is 11.2. The number of nitrogens with zero attached hydrogens (tertiary/aromatic N) is 5. The SMILES string of the molecule is Cc1ccc(-c2nc3ccc(CN=C(C#N)C#N)cc3s2)cn1. The highest BCUT2D eigenvalue weighted by Crippen LogP contribution is 2.30. The third-order valence-corrected chi connectivity index (χ3v) is 4.31. The van der Waals surface area contributed by atoms with E-state index < -0.39 is 0 Å². The van der Waals surface area contributed by atoms with E-state index in [0.717, 1.165) is 32.0 Å². The first-order valence-corrected chi connectivity index (χ1v) is 7.68. The van der Waals surface area contributed by atoms with E-state index in [4.69, 9.17) is 10.5 Å². The van der Waals surface area contributed by atoms with Crippen molar-refractivity contribution in [3.05, 3.63) is 47.8 Å². The molecule has 0 spiro atoms. The molecular weight excluding hydrogens is 306 g/mol. The van der Waals surface area contributed by atoms with Gasteiger partial charge < -0.3 is 0 Å². The van der Waals surface area contributed by atoms with E-state index in [1.807, 2.05) is 43.5 Å².